The molecule has 2 aliphatic rings. The summed E-state index contributed by atoms with van der Waals surface area (Å²) in [5.41, 5.74) is 5.34. The molecule has 1 fully saturated rings. The summed E-state index contributed by atoms with van der Waals surface area (Å²) in [5, 5.41) is 2.79. The molecule has 2 N–H and O–H groups in total. The molecule has 2 aromatic carbocycles. The maximum atomic E-state index is 13.2. The van der Waals surface area contributed by atoms with Crippen LogP contribution >= 0.6 is 0 Å². The number of amides is 1. The first kappa shape index (κ1) is 19.9. The molecule has 0 radical (unpaired) electrons. The van der Waals surface area contributed by atoms with E-state index < -0.39 is 16.1 Å². The van der Waals surface area contributed by atoms with E-state index in [9.17, 15) is 13.2 Å². The molecule has 0 spiro atoms. The highest BCUT2D eigenvalue weighted by atomic mass is 32.2. The number of benzene rings is 2. The van der Waals surface area contributed by atoms with Gasteiger partial charge in [0.2, 0.25) is 15.9 Å². The third kappa shape index (κ3) is 4.00. The van der Waals surface area contributed by atoms with Gasteiger partial charge in [-0.15, -0.1) is 0 Å². The molecule has 0 unspecified atom stereocenters. The van der Waals surface area contributed by atoms with Gasteiger partial charge in [-0.05, 0) is 66.0 Å². The number of sulfonamides is 1. The van der Waals surface area contributed by atoms with Gasteiger partial charge in [0.1, 0.15) is 6.04 Å². The average molecular weight is 411 g/mol. The number of hydrogen-bond acceptors (Lipinski definition) is 3. The van der Waals surface area contributed by atoms with Gasteiger partial charge in [-0.2, -0.15) is 4.72 Å². The third-order valence-electron chi connectivity index (χ3n) is 5.72. The van der Waals surface area contributed by atoms with Crippen LogP contribution in [0, 0.1) is 0 Å². The predicted octanol–water partition coefficient (Wildman–Crippen LogP) is 3.29. The van der Waals surface area contributed by atoms with Crippen LogP contribution in [-0.4, -0.2) is 26.9 Å². The number of rotatable bonds is 5. The molecule has 2 aromatic rings. The van der Waals surface area contributed by atoms with E-state index in [1.807, 2.05) is 25.1 Å². The molecule has 1 heterocycles. The number of hydrogen-bond donors (Lipinski definition) is 2. The number of allylic oxidation sites excluding steroid dienone is 1. The van der Waals surface area contributed by atoms with Crippen LogP contribution in [0.3, 0.4) is 0 Å². The van der Waals surface area contributed by atoms with Crippen molar-refractivity contribution in [1.82, 2.24) is 10.0 Å². The molecule has 29 heavy (non-hydrogen) atoms. The zero-order valence-electron chi connectivity index (χ0n) is 16.6. The Kier molecular flexibility index (Phi) is 5.56. The van der Waals surface area contributed by atoms with E-state index in [1.54, 1.807) is 12.1 Å². The fourth-order valence-corrected chi connectivity index (χ4v) is 5.80. The first-order valence-corrected chi connectivity index (χ1v) is 11.7. The first-order valence-electron chi connectivity index (χ1n) is 10.2. The van der Waals surface area contributed by atoms with Crippen LogP contribution < -0.4 is 10.0 Å². The van der Waals surface area contributed by atoms with Crippen LogP contribution in [0.15, 0.2) is 47.4 Å². The molecule has 1 atom stereocenters. The van der Waals surface area contributed by atoms with Crippen LogP contribution in [0.2, 0.25) is 0 Å². The summed E-state index contributed by atoms with van der Waals surface area (Å²) in [6, 6.07) is 12.9. The van der Waals surface area contributed by atoms with E-state index in [2.05, 4.69) is 28.2 Å². The second kappa shape index (κ2) is 8.13. The number of carbonyl (C=O) groups is 1. The monoisotopic (exact) mass is 410 g/mol. The van der Waals surface area contributed by atoms with Crippen LogP contribution in [0.1, 0.15) is 48.4 Å². The van der Waals surface area contributed by atoms with Crippen molar-refractivity contribution in [1.29, 1.82) is 0 Å². The van der Waals surface area contributed by atoms with Gasteiger partial charge < -0.3 is 5.32 Å². The van der Waals surface area contributed by atoms with Crippen molar-refractivity contribution >= 4 is 27.6 Å². The quantitative estimate of drug-likeness (QED) is 0.794. The summed E-state index contributed by atoms with van der Waals surface area (Å²) in [6.07, 6.45) is 5.74. The zero-order valence-corrected chi connectivity index (χ0v) is 17.4. The van der Waals surface area contributed by atoms with Crippen LogP contribution in [0.4, 0.5) is 0 Å². The number of nitrogens with one attached hydrogen (secondary N) is 2. The Morgan fingerprint density at radius 3 is 2.72 bits per heavy atom. The van der Waals surface area contributed by atoms with Gasteiger partial charge in [0.25, 0.3) is 0 Å². The second-order valence-corrected chi connectivity index (χ2v) is 9.32. The van der Waals surface area contributed by atoms with Crippen molar-refractivity contribution in [3.63, 3.8) is 0 Å². The van der Waals surface area contributed by atoms with Crippen molar-refractivity contribution in [2.75, 3.05) is 6.54 Å². The van der Waals surface area contributed by atoms with E-state index >= 15 is 0 Å². The smallest absolute Gasteiger partial charge is 0.241 e. The van der Waals surface area contributed by atoms with E-state index in [0.717, 1.165) is 36.0 Å². The molecule has 1 amide bonds. The highest BCUT2D eigenvalue weighted by molar-refractivity contribution is 7.89. The fourth-order valence-electron chi connectivity index (χ4n) is 4.24. The van der Waals surface area contributed by atoms with Gasteiger partial charge >= 0.3 is 0 Å². The molecule has 0 aromatic heterocycles. The van der Waals surface area contributed by atoms with Gasteiger partial charge in [-0.1, -0.05) is 49.4 Å². The molecule has 1 aliphatic heterocycles. The minimum Gasteiger partial charge on any atom is -0.355 e. The molecule has 5 nitrogen and oxygen atoms in total. The van der Waals surface area contributed by atoms with Gasteiger partial charge in [0.15, 0.2) is 0 Å². The Morgan fingerprint density at radius 1 is 1.10 bits per heavy atom. The first-order chi connectivity index (χ1) is 14.0. The van der Waals surface area contributed by atoms with Gasteiger partial charge in [-0.25, -0.2) is 8.42 Å². The summed E-state index contributed by atoms with van der Waals surface area (Å²) >= 11 is 0. The molecule has 6 heteroatoms. The highest BCUT2D eigenvalue weighted by Gasteiger charge is 2.29. The topological polar surface area (TPSA) is 75.3 Å². The molecule has 0 bridgehead atoms. The Morgan fingerprint density at radius 2 is 1.93 bits per heavy atom. The maximum Gasteiger partial charge on any atom is 0.241 e. The van der Waals surface area contributed by atoms with Crippen molar-refractivity contribution in [2.24, 2.45) is 0 Å². The molecular weight excluding hydrogens is 384 g/mol. The van der Waals surface area contributed by atoms with Crippen LogP contribution in [0.25, 0.3) is 11.6 Å². The van der Waals surface area contributed by atoms with Crippen molar-refractivity contribution < 1.29 is 13.2 Å². The Bertz CT molecular complexity index is 1070. The summed E-state index contributed by atoms with van der Waals surface area (Å²) < 4.78 is 29.1. The van der Waals surface area contributed by atoms with E-state index in [4.69, 9.17) is 0 Å². The molecule has 4 rings (SSSR count). The SMILES string of the molecule is CCc1c(C2=Cc3ccccc3C2)cccc1S(=O)(=O)N[C@@H]1CCCCNC1=O. The molecule has 1 saturated heterocycles. The van der Waals surface area contributed by atoms with Crippen LogP contribution in [-0.2, 0) is 27.7 Å². The number of fused-ring (bicyclic) bond motifs is 1. The molecule has 0 saturated carbocycles. The predicted molar refractivity (Wildman–Crippen MR) is 115 cm³/mol. The summed E-state index contributed by atoms with van der Waals surface area (Å²) in [5.74, 6) is -0.241. The minimum absolute atomic E-state index is 0.241. The maximum absolute atomic E-state index is 13.2. The lowest BCUT2D eigenvalue weighted by molar-refractivity contribution is -0.122. The lowest BCUT2D eigenvalue weighted by Crippen LogP contribution is -2.45. The average Bonchev–Trinajstić information content (AvgIpc) is 3.06. The normalized spacial score (nSPS) is 19.3. The van der Waals surface area contributed by atoms with E-state index in [0.29, 0.717) is 19.4 Å². The zero-order chi connectivity index (χ0) is 20.4. The fraction of sp³-hybridized carbons (Fsp3) is 0.348. The summed E-state index contributed by atoms with van der Waals surface area (Å²) in [4.78, 5) is 12.5. The van der Waals surface area contributed by atoms with Gasteiger partial charge in [0.05, 0.1) is 4.90 Å². The second-order valence-electron chi connectivity index (χ2n) is 7.64. The van der Waals surface area contributed by atoms with Gasteiger partial charge in [0, 0.05) is 6.54 Å². The Balaban J connectivity index is 1.68. The largest absolute Gasteiger partial charge is 0.355 e. The van der Waals surface area contributed by atoms with Crippen molar-refractivity contribution in [3.05, 3.63) is 64.7 Å². The molecular formula is C23H26N2O3S. The Labute approximate surface area is 172 Å². The Hall–Kier alpha value is -2.44. The highest BCUT2D eigenvalue weighted by Crippen LogP contribution is 2.35. The van der Waals surface area contributed by atoms with Crippen LogP contribution in [0.5, 0.6) is 0 Å². The summed E-state index contributed by atoms with van der Waals surface area (Å²) in [6.45, 7) is 2.57. The third-order valence-corrected chi connectivity index (χ3v) is 7.28. The van der Waals surface area contributed by atoms with E-state index in [-0.39, 0.29) is 10.8 Å². The van der Waals surface area contributed by atoms with Gasteiger partial charge in [-0.3, -0.25) is 4.79 Å². The molecule has 152 valence electrons. The minimum atomic E-state index is -3.81. The lowest BCUT2D eigenvalue weighted by atomic mass is 9.96. The number of carbonyl (C=O) groups excluding carboxylic acids is 1. The van der Waals surface area contributed by atoms with E-state index in [1.165, 1.54) is 11.1 Å². The molecule has 1 aliphatic carbocycles. The standard InChI is InChI=1S/C23H26N2O3S/c1-2-19-20(18-14-16-8-3-4-9-17(16)15-18)10-7-12-22(19)29(27,28)25-21-11-5-6-13-24-23(21)26/h3-4,7-10,12,14,21,25H,2,5-6,11,13,15H2,1H3,(H,24,26)/t21-/m1/s1. The van der Waals surface area contributed by atoms with Crippen molar-refractivity contribution in [3.8, 4) is 0 Å². The van der Waals surface area contributed by atoms with Crippen molar-refractivity contribution in [2.45, 2.75) is 50.0 Å². The summed E-state index contributed by atoms with van der Waals surface area (Å²) in [7, 11) is -3.81. The lowest BCUT2D eigenvalue weighted by Gasteiger charge is -2.19.